The van der Waals surface area contributed by atoms with Gasteiger partial charge in [-0.05, 0) is 31.9 Å². The van der Waals surface area contributed by atoms with Crippen molar-refractivity contribution in [2.75, 3.05) is 13.1 Å². The van der Waals surface area contributed by atoms with E-state index in [-0.39, 0.29) is 17.7 Å². The maximum atomic E-state index is 12.5. The maximum Gasteiger partial charge on any atom is 0.227 e. The minimum absolute atomic E-state index is 0.107. The average Bonchev–Trinajstić information content (AvgIpc) is 2.36. The lowest BCUT2D eigenvalue weighted by Gasteiger charge is -2.27. The molecule has 1 amide bonds. The molecule has 0 spiro atoms. The van der Waals surface area contributed by atoms with Gasteiger partial charge in [0, 0.05) is 18.8 Å². The third kappa shape index (κ3) is 4.31. The molecular weight excluding hydrogens is 238 g/mol. The van der Waals surface area contributed by atoms with Crippen molar-refractivity contribution in [1.82, 2.24) is 9.88 Å². The van der Waals surface area contributed by atoms with Gasteiger partial charge in [-0.3, -0.25) is 9.78 Å². The summed E-state index contributed by atoms with van der Waals surface area (Å²) < 4.78 is 0. The Kier molecular flexibility index (Phi) is 5.96. The predicted molar refractivity (Wildman–Crippen MR) is 77.4 cm³/mol. The van der Waals surface area contributed by atoms with Crippen LogP contribution in [-0.4, -0.2) is 28.9 Å². The first kappa shape index (κ1) is 15.6. The van der Waals surface area contributed by atoms with Gasteiger partial charge in [-0.1, -0.05) is 19.9 Å². The minimum atomic E-state index is -0.107. The van der Waals surface area contributed by atoms with Gasteiger partial charge in [0.1, 0.15) is 0 Å². The fourth-order valence-corrected chi connectivity index (χ4v) is 2.12. The Bertz CT molecular complexity index is 418. The van der Waals surface area contributed by atoms with Crippen molar-refractivity contribution in [3.05, 3.63) is 29.6 Å². The largest absolute Gasteiger partial charge is 0.337 e. The summed E-state index contributed by atoms with van der Waals surface area (Å²) in [5.74, 6) is 0.282. The van der Waals surface area contributed by atoms with E-state index in [1.165, 1.54) is 0 Å². The molecular formula is C15H25N3O. The second kappa shape index (κ2) is 7.24. The molecule has 0 fully saturated rings. The summed E-state index contributed by atoms with van der Waals surface area (Å²) in [6, 6.07) is 5.88. The van der Waals surface area contributed by atoms with Gasteiger partial charge in [0.15, 0.2) is 0 Å². The number of rotatable bonds is 6. The van der Waals surface area contributed by atoms with E-state index in [9.17, 15) is 4.79 Å². The van der Waals surface area contributed by atoms with Crippen LogP contribution in [0.15, 0.2) is 18.2 Å². The zero-order valence-corrected chi connectivity index (χ0v) is 12.4. The van der Waals surface area contributed by atoms with Crippen molar-refractivity contribution < 1.29 is 4.79 Å². The van der Waals surface area contributed by atoms with Gasteiger partial charge in [0.2, 0.25) is 5.91 Å². The number of amides is 1. The Morgan fingerprint density at radius 1 is 1.42 bits per heavy atom. The third-order valence-corrected chi connectivity index (χ3v) is 3.37. The van der Waals surface area contributed by atoms with Crippen LogP contribution in [-0.2, 0) is 11.3 Å². The zero-order chi connectivity index (χ0) is 14.4. The molecule has 0 bridgehead atoms. The summed E-state index contributed by atoms with van der Waals surface area (Å²) in [5, 5.41) is 0. The molecule has 4 heteroatoms. The minimum Gasteiger partial charge on any atom is -0.337 e. The molecule has 19 heavy (non-hydrogen) atoms. The normalized spacial score (nSPS) is 12.5. The summed E-state index contributed by atoms with van der Waals surface area (Å²) in [6.07, 6.45) is 0. The lowest BCUT2D eigenvalue weighted by molar-refractivity contribution is -0.137. The quantitative estimate of drug-likeness (QED) is 0.853. The second-order valence-corrected chi connectivity index (χ2v) is 5.21. The molecule has 0 aromatic carbocycles. The predicted octanol–water partition coefficient (Wildman–Crippen LogP) is 1.97. The van der Waals surface area contributed by atoms with Crippen LogP contribution >= 0.6 is 0 Å². The number of carbonyl (C=O) groups excluding carboxylic acids is 1. The number of hydrogen-bond acceptors (Lipinski definition) is 3. The highest BCUT2D eigenvalue weighted by atomic mass is 16.2. The number of aromatic nitrogens is 1. The molecule has 1 atom stereocenters. The molecule has 0 aliphatic rings. The fraction of sp³-hybridized carbons (Fsp3) is 0.600. The second-order valence-electron chi connectivity index (χ2n) is 5.21. The van der Waals surface area contributed by atoms with Crippen LogP contribution in [0.2, 0.25) is 0 Å². The SMILES string of the molecule is CCN(Cc1cccc(C)n1)C(=O)C(CN)C(C)C. The van der Waals surface area contributed by atoms with E-state index >= 15 is 0 Å². The average molecular weight is 263 g/mol. The summed E-state index contributed by atoms with van der Waals surface area (Å²) in [6.45, 7) is 9.65. The van der Waals surface area contributed by atoms with Crippen molar-refractivity contribution in [2.24, 2.45) is 17.6 Å². The molecule has 0 radical (unpaired) electrons. The van der Waals surface area contributed by atoms with Crippen LogP contribution in [0.1, 0.15) is 32.2 Å². The van der Waals surface area contributed by atoms with Gasteiger partial charge in [0.05, 0.1) is 18.2 Å². The van der Waals surface area contributed by atoms with Crippen molar-refractivity contribution in [3.63, 3.8) is 0 Å². The Labute approximate surface area is 116 Å². The van der Waals surface area contributed by atoms with E-state index < -0.39 is 0 Å². The number of aryl methyl sites for hydroxylation is 1. The first-order valence-electron chi connectivity index (χ1n) is 6.91. The van der Waals surface area contributed by atoms with Crippen molar-refractivity contribution in [2.45, 2.75) is 34.2 Å². The number of nitrogens with zero attached hydrogens (tertiary/aromatic N) is 2. The Balaban J connectivity index is 2.80. The van der Waals surface area contributed by atoms with Crippen LogP contribution in [0.3, 0.4) is 0 Å². The maximum absolute atomic E-state index is 12.5. The molecule has 4 nitrogen and oxygen atoms in total. The van der Waals surface area contributed by atoms with Crippen LogP contribution in [0.5, 0.6) is 0 Å². The lowest BCUT2D eigenvalue weighted by atomic mass is 9.94. The number of carbonyl (C=O) groups is 1. The molecule has 106 valence electrons. The van der Waals surface area contributed by atoms with Crippen LogP contribution in [0, 0.1) is 18.8 Å². The summed E-state index contributed by atoms with van der Waals surface area (Å²) in [5.41, 5.74) is 7.62. The van der Waals surface area contributed by atoms with Gasteiger partial charge in [-0.15, -0.1) is 0 Å². The third-order valence-electron chi connectivity index (χ3n) is 3.37. The van der Waals surface area contributed by atoms with Crippen molar-refractivity contribution >= 4 is 5.91 Å². The molecule has 0 saturated heterocycles. The molecule has 1 unspecified atom stereocenters. The van der Waals surface area contributed by atoms with Crippen molar-refractivity contribution in [3.8, 4) is 0 Å². The van der Waals surface area contributed by atoms with E-state index in [2.05, 4.69) is 4.98 Å². The zero-order valence-electron chi connectivity index (χ0n) is 12.4. The number of pyridine rings is 1. The smallest absolute Gasteiger partial charge is 0.227 e. The fourth-order valence-electron chi connectivity index (χ4n) is 2.12. The standard InChI is InChI=1S/C15H25N3O/c1-5-18(15(19)14(9-16)11(2)3)10-13-8-6-7-12(4)17-13/h6-8,11,14H,5,9-10,16H2,1-4H3. The highest BCUT2D eigenvalue weighted by Crippen LogP contribution is 2.15. The van der Waals surface area contributed by atoms with E-state index in [0.717, 1.165) is 11.4 Å². The van der Waals surface area contributed by atoms with Crippen LogP contribution < -0.4 is 5.73 Å². The summed E-state index contributed by atoms with van der Waals surface area (Å²) in [7, 11) is 0. The summed E-state index contributed by atoms with van der Waals surface area (Å²) in [4.78, 5) is 18.7. The highest BCUT2D eigenvalue weighted by Gasteiger charge is 2.25. The Morgan fingerprint density at radius 3 is 2.58 bits per heavy atom. The van der Waals surface area contributed by atoms with E-state index in [1.54, 1.807) is 0 Å². The Hall–Kier alpha value is -1.42. The van der Waals surface area contributed by atoms with E-state index in [0.29, 0.717) is 19.6 Å². The van der Waals surface area contributed by atoms with E-state index in [4.69, 9.17) is 5.73 Å². The molecule has 1 aromatic rings. The molecule has 1 heterocycles. The molecule has 0 aliphatic heterocycles. The molecule has 0 saturated carbocycles. The molecule has 1 aromatic heterocycles. The van der Waals surface area contributed by atoms with E-state index in [1.807, 2.05) is 50.8 Å². The number of nitrogens with two attached hydrogens (primary N) is 1. The first-order chi connectivity index (χ1) is 8.99. The lowest BCUT2D eigenvalue weighted by Crippen LogP contribution is -2.41. The molecule has 0 aliphatic carbocycles. The van der Waals surface area contributed by atoms with Gasteiger partial charge < -0.3 is 10.6 Å². The highest BCUT2D eigenvalue weighted by molar-refractivity contribution is 5.79. The van der Waals surface area contributed by atoms with Gasteiger partial charge >= 0.3 is 0 Å². The van der Waals surface area contributed by atoms with Gasteiger partial charge in [-0.2, -0.15) is 0 Å². The van der Waals surface area contributed by atoms with Gasteiger partial charge in [0.25, 0.3) is 0 Å². The van der Waals surface area contributed by atoms with Gasteiger partial charge in [-0.25, -0.2) is 0 Å². The molecule has 1 rings (SSSR count). The topological polar surface area (TPSA) is 59.2 Å². The summed E-state index contributed by atoms with van der Waals surface area (Å²) >= 11 is 0. The first-order valence-corrected chi connectivity index (χ1v) is 6.91. The monoisotopic (exact) mass is 263 g/mol. The van der Waals surface area contributed by atoms with Crippen LogP contribution in [0.25, 0.3) is 0 Å². The molecule has 2 N–H and O–H groups in total. The number of hydrogen-bond donors (Lipinski definition) is 1. The van der Waals surface area contributed by atoms with Crippen molar-refractivity contribution in [1.29, 1.82) is 0 Å². The Morgan fingerprint density at radius 2 is 2.11 bits per heavy atom. The van der Waals surface area contributed by atoms with Crippen LogP contribution in [0.4, 0.5) is 0 Å².